The van der Waals surface area contributed by atoms with Gasteiger partial charge in [0.05, 0.1) is 71.6 Å². The minimum atomic E-state index is -0.151. The summed E-state index contributed by atoms with van der Waals surface area (Å²) in [4.78, 5) is 31.8. The van der Waals surface area contributed by atoms with Crippen molar-refractivity contribution >= 4 is 284 Å². The summed E-state index contributed by atoms with van der Waals surface area (Å²) in [6.45, 7) is 4.68. The molecule has 0 aliphatic heterocycles. The molecule has 0 saturated carbocycles. The Kier molecular flexibility index (Phi) is 14.7. The van der Waals surface area contributed by atoms with Crippen LogP contribution in [0, 0.1) is 0 Å². The van der Waals surface area contributed by atoms with Crippen LogP contribution in [-0.4, -0.2) is 43.6 Å². The minimum Gasteiger partial charge on any atom is -0.456 e. The standard InChI is InChI=1S/2C44H23N3O2.C41H23N3O2/c1-2-10-24(11-3-1)43-44(46-32-16-6-5-15-31(32)45-43)47-33-17-8-13-26-28-22-30-25-12-4-7-18-35(25)48-38(30)23-29(28)27-14-9-19-36-40(27)42-37(49-36)21-20-34(47)41(42)39(26)33;1-2-11-24(12-3-1)42-44(46-31-18-8-7-17-30(31)45-42)47-32-19-10-16-27-25-13-4-5-14-26(25)29-23-36-38(28-15-6-9-20-34(28)48-36)43-39(29)41-35(49-43)22-21-33(47)40(41)37(27)32;1-41(2)21-12-16-27-35-31(21)32-22(41)13-17-28-36(32)38-30(46-28)19-15-26-34(38)33-25(14-18-29(45-27)37(33)35)44(26)40-39(20-8-4-3-5-9-20)42-23-10-6-7-11-24(23)43-40/h2*1-23H;3-19H,1-2H3. The monoisotopic (exact) mass is 1840 g/mol. The van der Waals surface area contributed by atoms with Gasteiger partial charge in [-0.3, -0.25) is 13.7 Å². The number of aromatic nitrogens is 9. The Morgan fingerprint density at radius 1 is 0.174 bits per heavy atom. The lowest BCUT2D eigenvalue weighted by molar-refractivity contribution is 0.655. The highest BCUT2D eigenvalue weighted by atomic mass is 16.4. The number of rotatable bonds is 6. The highest BCUT2D eigenvalue weighted by Gasteiger charge is 2.40. The van der Waals surface area contributed by atoms with E-state index in [1.807, 2.05) is 115 Å². The quantitative estimate of drug-likeness (QED) is 0.155. The maximum absolute atomic E-state index is 6.94. The summed E-state index contributed by atoms with van der Waals surface area (Å²) < 4.78 is 46.8. The zero-order valence-corrected chi connectivity index (χ0v) is 76.8. The summed E-state index contributed by atoms with van der Waals surface area (Å²) in [5, 5.41) is 32.1. The number of benzene rings is 20. The first kappa shape index (κ1) is 76.7. The fourth-order valence-electron chi connectivity index (χ4n) is 25.4. The van der Waals surface area contributed by atoms with Crippen LogP contribution in [0.3, 0.4) is 0 Å². The molecule has 23 aromatic carbocycles. The molecule has 0 fully saturated rings. The van der Waals surface area contributed by atoms with E-state index in [-0.39, 0.29) is 5.41 Å². The number of para-hydroxylation sites is 8. The summed E-state index contributed by atoms with van der Waals surface area (Å²) in [6, 6.07) is 133. The van der Waals surface area contributed by atoms with Gasteiger partial charge in [0.15, 0.2) is 17.5 Å². The molecule has 36 rings (SSSR count). The molecule has 0 saturated heterocycles. The van der Waals surface area contributed by atoms with Crippen molar-refractivity contribution in [3.8, 4) is 51.2 Å². The molecule has 0 unspecified atom stereocenters. The fraction of sp³-hybridized carbons (Fsp3) is 0.0233. The molecule has 144 heavy (non-hydrogen) atoms. The van der Waals surface area contributed by atoms with Crippen molar-refractivity contribution in [3.05, 3.63) is 393 Å². The van der Waals surface area contributed by atoms with Crippen molar-refractivity contribution in [1.29, 1.82) is 0 Å². The Morgan fingerprint density at radius 3 is 0.958 bits per heavy atom. The van der Waals surface area contributed by atoms with Crippen LogP contribution in [0.25, 0.3) is 335 Å². The van der Waals surface area contributed by atoms with E-state index < -0.39 is 0 Å². The first-order valence-electron chi connectivity index (χ1n) is 48.8. The van der Waals surface area contributed by atoms with Gasteiger partial charge in [0, 0.05) is 114 Å². The Morgan fingerprint density at radius 2 is 0.479 bits per heavy atom. The Bertz CT molecular complexity index is 11600. The Balaban J connectivity index is 0.0000000933. The van der Waals surface area contributed by atoms with Gasteiger partial charge >= 0.3 is 0 Å². The molecule has 0 spiro atoms. The second kappa shape index (κ2) is 27.6. The first-order valence-corrected chi connectivity index (χ1v) is 48.8. The van der Waals surface area contributed by atoms with E-state index in [0.717, 1.165) is 281 Å². The molecule has 12 aromatic heterocycles. The molecule has 1 aliphatic carbocycles. The van der Waals surface area contributed by atoms with E-state index in [1.54, 1.807) is 0 Å². The molecule has 0 N–H and O–H groups in total. The van der Waals surface area contributed by atoms with Crippen molar-refractivity contribution < 1.29 is 26.5 Å². The topological polar surface area (TPSA) is 171 Å². The average molecular weight is 1840 g/mol. The third kappa shape index (κ3) is 9.97. The van der Waals surface area contributed by atoms with Gasteiger partial charge in [-0.1, -0.05) is 250 Å². The summed E-state index contributed by atoms with van der Waals surface area (Å²) >= 11 is 0. The van der Waals surface area contributed by atoms with Crippen LogP contribution in [0.4, 0.5) is 0 Å². The Hall–Kier alpha value is -19.4. The summed E-state index contributed by atoms with van der Waals surface area (Å²) in [6.07, 6.45) is 0. The van der Waals surface area contributed by atoms with Crippen molar-refractivity contribution in [2.24, 2.45) is 0 Å². The molecule has 666 valence electrons. The molecule has 1 aliphatic rings. The number of fused-ring (bicyclic) bond motifs is 16. The number of nitrogens with zero attached hydrogens (tertiary/aromatic N) is 9. The lowest BCUT2D eigenvalue weighted by atomic mass is 9.81. The molecule has 0 bridgehead atoms. The molecule has 0 amide bonds. The fourth-order valence-corrected chi connectivity index (χ4v) is 25.4. The van der Waals surface area contributed by atoms with Crippen LogP contribution >= 0.6 is 0 Å². The summed E-state index contributed by atoms with van der Waals surface area (Å²) in [5.41, 5.74) is 30.1. The minimum absolute atomic E-state index is 0.151. The highest BCUT2D eigenvalue weighted by Crippen LogP contribution is 2.59. The third-order valence-electron chi connectivity index (χ3n) is 31.3. The maximum atomic E-state index is 6.94. The van der Waals surface area contributed by atoms with Crippen molar-refractivity contribution in [1.82, 2.24) is 43.6 Å². The zero-order chi connectivity index (χ0) is 93.6. The number of hydrogen-bond donors (Lipinski definition) is 0. The van der Waals surface area contributed by atoms with Gasteiger partial charge in [-0.05, 0) is 211 Å². The van der Waals surface area contributed by atoms with E-state index in [2.05, 4.69) is 294 Å². The van der Waals surface area contributed by atoms with Crippen molar-refractivity contribution in [2.45, 2.75) is 19.3 Å². The summed E-state index contributed by atoms with van der Waals surface area (Å²) in [7, 11) is 0. The van der Waals surface area contributed by atoms with Crippen LogP contribution in [0.1, 0.15) is 25.0 Å². The SMILES string of the molecule is CC1(C)c2ccc3oc4ccc5c6c4c3c2c2c1ccc1oc3ccc(c6c3c12)n5-c1nc2ccccc2nc1-c1ccccc1.c1ccc(-c2nc3ccccc3nc2-n2c3cccc4c5cc6c(cc5c5cccc7oc8ccc2c(c8c75)c43)oc2ccccc26)cc1.c1ccc(-c2nc3ccccc3nc2-n2c3cccc4c5ccccc5c5cc6oc7ccccc7c6c6oc7ccc2c(c7c56)c43)cc1. The van der Waals surface area contributed by atoms with Gasteiger partial charge in [0.2, 0.25) is 0 Å². The molecular formula is C129H69N9O6. The molecule has 15 heteroatoms. The van der Waals surface area contributed by atoms with Crippen LogP contribution in [-0.2, 0) is 5.41 Å². The molecule has 0 atom stereocenters. The normalized spacial score (nSPS) is 13.1. The molecular weight excluding hydrogens is 1770 g/mol. The second-order valence-electron chi connectivity index (χ2n) is 39.1. The third-order valence-corrected chi connectivity index (χ3v) is 31.3. The van der Waals surface area contributed by atoms with E-state index in [9.17, 15) is 0 Å². The van der Waals surface area contributed by atoms with Gasteiger partial charge < -0.3 is 26.5 Å². The largest absolute Gasteiger partial charge is 0.456 e. The van der Waals surface area contributed by atoms with E-state index in [4.69, 9.17) is 56.4 Å². The smallest absolute Gasteiger partial charge is 0.165 e. The molecule has 0 radical (unpaired) electrons. The number of furan rings is 6. The van der Waals surface area contributed by atoms with Crippen LogP contribution in [0.5, 0.6) is 0 Å². The second-order valence-corrected chi connectivity index (χ2v) is 39.1. The zero-order valence-electron chi connectivity index (χ0n) is 76.8. The lowest BCUT2D eigenvalue weighted by Gasteiger charge is -2.21. The lowest BCUT2D eigenvalue weighted by Crippen LogP contribution is -2.15. The number of hydrogen-bond acceptors (Lipinski definition) is 12. The van der Waals surface area contributed by atoms with Gasteiger partial charge in [0.1, 0.15) is 84.1 Å². The predicted molar refractivity (Wildman–Crippen MR) is 586 cm³/mol. The van der Waals surface area contributed by atoms with E-state index >= 15 is 0 Å². The molecule has 15 nitrogen and oxygen atoms in total. The van der Waals surface area contributed by atoms with Crippen LogP contribution < -0.4 is 0 Å². The first-order chi connectivity index (χ1) is 71.2. The average Bonchev–Trinajstić information content (AvgIpc) is 1.49. The van der Waals surface area contributed by atoms with Crippen LogP contribution in [0.15, 0.2) is 409 Å². The molecule has 12 heterocycles. The van der Waals surface area contributed by atoms with Crippen molar-refractivity contribution in [3.63, 3.8) is 0 Å². The maximum Gasteiger partial charge on any atom is 0.165 e. The Labute approximate surface area is 812 Å². The highest BCUT2D eigenvalue weighted by molar-refractivity contribution is 6.46. The van der Waals surface area contributed by atoms with Gasteiger partial charge in [-0.15, -0.1) is 0 Å². The van der Waals surface area contributed by atoms with Gasteiger partial charge in [-0.25, -0.2) is 29.9 Å². The summed E-state index contributed by atoms with van der Waals surface area (Å²) in [5.74, 6) is 2.40. The van der Waals surface area contributed by atoms with E-state index in [1.165, 1.54) is 65.0 Å². The van der Waals surface area contributed by atoms with Gasteiger partial charge in [-0.2, -0.15) is 0 Å². The van der Waals surface area contributed by atoms with Gasteiger partial charge in [0.25, 0.3) is 0 Å². The van der Waals surface area contributed by atoms with E-state index in [0.29, 0.717) is 0 Å². The predicted octanol–water partition coefficient (Wildman–Crippen LogP) is 34.7. The van der Waals surface area contributed by atoms with Crippen LogP contribution in [0.2, 0.25) is 0 Å². The van der Waals surface area contributed by atoms with Crippen molar-refractivity contribution in [2.75, 3.05) is 0 Å². The molecule has 35 aromatic rings.